The highest BCUT2D eigenvalue weighted by Crippen LogP contribution is 2.38. The molecule has 120 valence electrons. The molecule has 23 heavy (non-hydrogen) atoms. The summed E-state index contributed by atoms with van der Waals surface area (Å²) < 4.78 is 4.91. The zero-order valence-electron chi connectivity index (χ0n) is 13.5. The molecule has 0 unspecified atom stereocenters. The van der Waals surface area contributed by atoms with Gasteiger partial charge in [-0.15, -0.1) is 0 Å². The van der Waals surface area contributed by atoms with Crippen molar-refractivity contribution >= 4 is 17.8 Å². The first kappa shape index (κ1) is 14.8. The molecular formula is C18H22N4S. The second-order valence-corrected chi connectivity index (χ2v) is 6.90. The van der Waals surface area contributed by atoms with Gasteiger partial charge < -0.3 is 4.57 Å². The zero-order chi connectivity index (χ0) is 15.8. The molecule has 0 bridgehead atoms. The Kier molecular flexibility index (Phi) is 3.91. The number of hydrogen-bond donors (Lipinski definition) is 0. The maximum absolute atomic E-state index is 5.55. The van der Waals surface area contributed by atoms with Gasteiger partial charge in [-0.3, -0.25) is 4.90 Å². The number of aromatic nitrogens is 3. The van der Waals surface area contributed by atoms with Crippen molar-refractivity contribution in [2.24, 2.45) is 7.05 Å². The molecule has 0 radical (unpaired) electrons. The fourth-order valence-electron chi connectivity index (χ4n) is 3.24. The first-order valence-electron chi connectivity index (χ1n) is 8.33. The van der Waals surface area contributed by atoms with Crippen molar-refractivity contribution in [3.63, 3.8) is 0 Å². The third-order valence-corrected chi connectivity index (χ3v) is 5.27. The van der Waals surface area contributed by atoms with Crippen LogP contribution in [-0.4, -0.2) is 32.3 Å². The van der Waals surface area contributed by atoms with Crippen LogP contribution in [-0.2, 0) is 13.7 Å². The highest BCUT2D eigenvalue weighted by molar-refractivity contribution is 7.71. The van der Waals surface area contributed by atoms with Gasteiger partial charge >= 0.3 is 0 Å². The third kappa shape index (κ3) is 3.03. The van der Waals surface area contributed by atoms with E-state index in [2.05, 4.69) is 45.9 Å². The molecule has 1 saturated carbocycles. The van der Waals surface area contributed by atoms with Crippen LogP contribution in [0.15, 0.2) is 36.4 Å². The topological polar surface area (TPSA) is 26.0 Å². The molecule has 0 atom stereocenters. The molecule has 0 amide bonds. The lowest BCUT2D eigenvalue weighted by atomic mass is 10.00. The fourth-order valence-corrected chi connectivity index (χ4v) is 3.43. The first-order valence-corrected chi connectivity index (χ1v) is 8.74. The summed E-state index contributed by atoms with van der Waals surface area (Å²) in [6.45, 7) is 2.80. The molecule has 2 heterocycles. The molecule has 1 aromatic carbocycles. The number of rotatable bonds is 4. The third-order valence-electron chi connectivity index (χ3n) is 4.79. The second kappa shape index (κ2) is 6.06. The largest absolute Gasteiger partial charge is 0.307 e. The lowest BCUT2D eigenvalue weighted by Crippen LogP contribution is -2.31. The van der Waals surface area contributed by atoms with Gasteiger partial charge in [-0.1, -0.05) is 36.4 Å². The van der Waals surface area contributed by atoms with Gasteiger partial charge in [0.1, 0.15) is 5.82 Å². The minimum Gasteiger partial charge on any atom is -0.307 e. The minimum atomic E-state index is 0.633. The van der Waals surface area contributed by atoms with E-state index in [0.717, 1.165) is 36.8 Å². The van der Waals surface area contributed by atoms with Gasteiger partial charge in [0, 0.05) is 26.1 Å². The smallest absolute Gasteiger partial charge is 0.198 e. The van der Waals surface area contributed by atoms with Gasteiger partial charge in [0.25, 0.3) is 0 Å². The normalized spacial score (nSPS) is 18.9. The SMILES string of the molecule is Cn1c(C2CC2)nn(CN2CC=C(c3ccccc3)CC2)c1=S. The summed E-state index contributed by atoms with van der Waals surface area (Å²) in [6.07, 6.45) is 5.94. The lowest BCUT2D eigenvalue weighted by molar-refractivity contribution is 0.225. The van der Waals surface area contributed by atoms with Crippen LogP contribution in [0.5, 0.6) is 0 Å². The molecule has 1 aromatic heterocycles. The van der Waals surface area contributed by atoms with E-state index in [1.165, 1.54) is 24.0 Å². The standard InChI is InChI=1S/C18H22N4S/c1-20-17(16-7-8-16)19-22(18(20)23)13-21-11-9-15(10-12-21)14-5-3-2-4-6-14/h2-6,9,16H,7-8,10-13H2,1H3. The Hall–Kier alpha value is -1.72. The number of hydrogen-bond acceptors (Lipinski definition) is 3. The van der Waals surface area contributed by atoms with E-state index in [1.54, 1.807) is 0 Å². The van der Waals surface area contributed by atoms with Crippen molar-refractivity contribution in [1.29, 1.82) is 0 Å². The molecule has 1 fully saturated rings. The molecule has 0 saturated heterocycles. The van der Waals surface area contributed by atoms with Gasteiger partial charge in [0.05, 0.1) is 6.67 Å². The van der Waals surface area contributed by atoms with E-state index in [-0.39, 0.29) is 0 Å². The summed E-state index contributed by atoms with van der Waals surface area (Å²) >= 11 is 5.55. The number of benzene rings is 1. The molecule has 4 rings (SSSR count). The highest BCUT2D eigenvalue weighted by Gasteiger charge is 2.29. The van der Waals surface area contributed by atoms with Crippen LogP contribution in [0.4, 0.5) is 0 Å². The summed E-state index contributed by atoms with van der Waals surface area (Å²) in [4.78, 5) is 2.41. The van der Waals surface area contributed by atoms with Crippen LogP contribution in [0.2, 0.25) is 0 Å². The molecule has 2 aliphatic rings. The first-order chi connectivity index (χ1) is 11.2. The summed E-state index contributed by atoms with van der Waals surface area (Å²) in [5, 5.41) is 4.76. The van der Waals surface area contributed by atoms with E-state index < -0.39 is 0 Å². The molecule has 1 aliphatic carbocycles. The minimum absolute atomic E-state index is 0.633. The van der Waals surface area contributed by atoms with Gasteiger partial charge in [-0.25, -0.2) is 4.68 Å². The molecule has 4 nitrogen and oxygen atoms in total. The van der Waals surface area contributed by atoms with E-state index in [9.17, 15) is 0 Å². The fraction of sp³-hybridized carbons (Fsp3) is 0.444. The molecule has 0 spiro atoms. The summed E-state index contributed by atoms with van der Waals surface area (Å²) in [7, 11) is 2.04. The molecule has 5 heteroatoms. The Bertz CT molecular complexity index is 783. The Labute approximate surface area is 142 Å². The van der Waals surface area contributed by atoms with Crippen LogP contribution >= 0.6 is 12.2 Å². The Morgan fingerprint density at radius 3 is 2.65 bits per heavy atom. The zero-order valence-corrected chi connectivity index (χ0v) is 14.3. The molecular weight excluding hydrogens is 304 g/mol. The maximum atomic E-state index is 5.55. The molecule has 0 N–H and O–H groups in total. The van der Waals surface area contributed by atoms with Crippen LogP contribution in [0, 0.1) is 4.77 Å². The summed E-state index contributed by atoms with van der Waals surface area (Å²) in [6, 6.07) is 10.7. The van der Waals surface area contributed by atoms with Gasteiger partial charge in [0.2, 0.25) is 0 Å². The average Bonchev–Trinajstić information content (AvgIpc) is 3.39. The van der Waals surface area contributed by atoms with E-state index >= 15 is 0 Å². The van der Waals surface area contributed by atoms with Crippen molar-refractivity contribution in [1.82, 2.24) is 19.2 Å². The van der Waals surface area contributed by atoms with Gasteiger partial charge in [0.15, 0.2) is 4.77 Å². The maximum Gasteiger partial charge on any atom is 0.198 e. The van der Waals surface area contributed by atoms with Crippen molar-refractivity contribution in [3.05, 3.63) is 52.6 Å². The van der Waals surface area contributed by atoms with Crippen molar-refractivity contribution in [3.8, 4) is 0 Å². The monoisotopic (exact) mass is 326 g/mol. The predicted octanol–water partition coefficient (Wildman–Crippen LogP) is 3.58. The summed E-state index contributed by atoms with van der Waals surface area (Å²) in [5.74, 6) is 1.79. The van der Waals surface area contributed by atoms with Crippen LogP contribution in [0.25, 0.3) is 5.57 Å². The average molecular weight is 326 g/mol. The predicted molar refractivity (Wildman–Crippen MR) is 94.6 cm³/mol. The van der Waals surface area contributed by atoms with E-state index in [1.807, 2.05) is 11.7 Å². The van der Waals surface area contributed by atoms with Crippen molar-refractivity contribution < 1.29 is 0 Å². The van der Waals surface area contributed by atoms with Crippen LogP contribution < -0.4 is 0 Å². The van der Waals surface area contributed by atoms with Crippen molar-refractivity contribution in [2.75, 3.05) is 13.1 Å². The van der Waals surface area contributed by atoms with Gasteiger partial charge in [-0.05, 0) is 42.6 Å². The molecule has 2 aromatic rings. The Morgan fingerprint density at radius 1 is 1.22 bits per heavy atom. The van der Waals surface area contributed by atoms with Crippen LogP contribution in [0.3, 0.4) is 0 Å². The van der Waals surface area contributed by atoms with E-state index in [0.29, 0.717) is 5.92 Å². The molecule has 1 aliphatic heterocycles. The van der Waals surface area contributed by atoms with Crippen molar-refractivity contribution in [2.45, 2.75) is 31.8 Å². The summed E-state index contributed by atoms with van der Waals surface area (Å²) in [5.41, 5.74) is 2.79. The second-order valence-electron chi connectivity index (χ2n) is 6.54. The number of nitrogens with zero attached hydrogens (tertiary/aromatic N) is 4. The highest BCUT2D eigenvalue weighted by atomic mass is 32.1. The Morgan fingerprint density at radius 2 is 2.00 bits per heavy atom. The Balaban J connectivity index is 1.46. The van der Waals surface area contributed by atoms with Gasteiger partial charge in [-0.2, -0.15) is 5.10 Å². The van der Waals surface area contributed by atoms with Crippen LogP contribution in [0.1, 0.15) is 36.6 Å². The lowest BCUT2D eigenvalue weighted by Gasteiger charge is -2.26. The van der Waals surface area contributed by atoms with E-state index in [4.69, 9.17) is 17.3 Å². The quantitative estimate of drug-likeness (QED) is 0.803.